The number of hydrazine groups is 1. The van der Waals surface area contributed by atoms with Crippen molar-refractivity contribution < 1.29 is 18.7 Å². The molecule has 2 heterocycles. The molecule has 0 unspecified atom stereocenters. The highest BCUT2D eigenvalue weighted by Gasteiger charge is 2.26. The van der Waals surface area contributed by atoms with E-state index in [9.17, 15) is 9.18 Å². The van der Waals surface area contributed by atoms with Crippen molar-refractivity contribution in [2.75, 3.05) is 18.1 Å². The Hall–Kier alpha value is -2.94. The van der Waals surface area contributed by atoms with Crippen molar-refractivity contribution >= 4 is 17.6 Å². The van der Waals surface area contributed by atoms with E-state index >= 15 is 0 Å². The molecule has 0 atom stereocenters. The third-order valence-electron chi connectivity index (χ3n) is 5.01. The normalized spacial score (nSPS) is 14.6. The number of hydrogen-bond donors (Lipinski definition) is 1. The molecule has 0 bridgehead atoms. The second-order valence-corrected chi connectivity index (χ2v) is 7.86. The summed E-state index contributed by atoms with van der Waals surface area (Å²) in [5.74, 6) is 6.39. The number of anilines is 2. The largest absolute Gasteiger partial charge is 0.474 e. The summed E-state index contributed by atoms with van der Waals surface area (Å²) in [7, 11) is 0. The monoisotopic (exact) mass is 431 g/mol. The fourth-order valence-electron chi connectivity index (χ4n) is 3.44. The van der Waals surface area contributed by atoms with Crippen LogP contribution in [0.25, 0.3) is 0 Å². The molecule has 1 fully saturated rings. The highest BCUT2D eigenvalue weighted by atomic mass is 19.1. The van der Waals surface area contributed by atoms with Crippen molar-refractivity contribution in [3.63, 3.8) is 0 Å². The van der Waals surface area contributed by atoms with E-state index in [0.29, 0.717) is 37.6 Å². The molecule has 0 saturated carbocycles. The number of nitrogens with zero attached hydrogens (tertiary/aromatic N) is 4. The van der Waals surface area contributed by atoms with Crippen molar-refractivity contribution in [1.29, 1.82) is 0 Å². The van der Waals surface area contributed by atoms with Gasteiger partial charge in [-0.15, -0.1) is 0 Å². The number of benzene rings is 1. The molecule has 1 aromatic heterocycles. The number of likely N-dealkylation sites (tertiary alicyclic amines) is 1. The minimum atomic E-state index is -0.407. The molecule has 3 rings (SSSR count). The molecule has 1 amide bonds. The van der Waals surface area contributed by atoms with Gasteiger partial charge in [0.15, 0.2) is 5.82 Å². The Morgan fingerprint density at radius 2 is 2.03 bits per heavy atom. The first kappa shape index (κ1) is 22.7. The predicted molar refractivity (Wildman–Crippen MR) is 116 cm³/mol. The van der Waals surface area contributed by atoms with Crippen LogP contribution in [0.2, 0.25) is 0 Å². The Kier molecular flexibility index (Phi) is 7.62. The Labute approximate surface area is 182 Å². The van der Waals surface area contributed by atoms with Gasteiger partial charge < -0.3 is 14.4 Å². The predicted octanol–water partition coefficient (Wildman–Crippen LogP) is 3.97. The van der Waals surface area contributed by atoms with Gasteiger partial charge in [-0.2, -0.15) is 0 Å². The summed E-state index contributed by atoms with van der Waals surface area (Å²) in [4.78, 5) is 22.0. The molecular weight excluding hydrogens is 401 g/mol. The highest BCUT2D eigenvalue weighted by molar-refractivity contribution is 5.67. The molecule has 0 spiro atoms. The van der Waals surface area contributed by atoms with E-state index in [1.807, 2.05) is 26.8 Å². The fourth-order valence-corrected chi connectivity index (χ4v) is 3.44. The van der Waals surface area contributed by atoms with E-state index in [1.165, 1.54) is 17.4 Å². The Morgan fingerprint density at radius 1 is 1.29 bits per heavy atom. The van der Waals surface area contributed by atoms with E-state index in [-0.39, 0.29) is 24.0 Å². The van der Waals surface area contributed by atoms with E-state index in [0.717, 1.165) is 18.4 Å². The number of nitrogens with two attached hydrogens (primary N) is 1. The minimum Gasteiger partial charge on any atom is -0.474 e. The summed E-state index contributed by atoms with van der Waals surface area (Å²) in [6, 6.07) is 6.58. The molecule has 9 heteroatoms. The van der Waals surface area contributed by atoms with Crippen LogP contribution in [0.15, 0.2) is 30.6 Å². The van der Waals surface area contributed by atoms with Crippen molar-refractivity contribution in [2.24, 2.45) is 5.84 Å². The summed E-state index contributed by atoms with van der Waals surface area (Å²) < 4.78 is 25.7. The second-order valence-electron chi connectivity index (χ2n) is 7.86. The topological polar surface area (TPSA) is 93.8 Å². The van der Waals surface area contributed by atoms with Crippen LogP contribution in [-0.4, -0.2) is 46.3 Å². The van der Waals surface area contributed by atoms with Crippen LogP contribution in [0.4, 0.5) is 20.7 Å². The molecule has 1 aromatic carbocycles. The van der Waals surface area contributed by atoms with Gasteiger partial charge in [-0.05, 0) is 38.0 Å². The number of carbonyl (C=O) groups is 1. The van der Waals surface area contributed by atoms with E-state index in [1.54, 1.807) is 17.0 Å². The Morgan fingerprint density at radius 3 is 2.68 bits per heavy atom. The molecule has 8 nitrogen and oxygen atoms in total. The Balaban J connectivity index is 1.61. The average molecular weight is 432 g/mol. The second kappa shape index (κ2) is 10.4. The van der Waals surface area contributed by atoms with Gasteiger partial charge in [0.1, 0.15) is 18.2 Å². The van der Waals surface area contributed by atoms with Gasteiger partial charge in [-0.1, -0.05) is 19.4 Å². The maximum Gasteiger partial charge on any atom is 0.410 e. The molecule has 31 heavy (non-hydrogen) atoms. The van der Waals surface area contributed by atoms with Crippen LogP contribution >= 0.6 is 0 Å². The summed E-state index contributed by atoms with van der Waals surface area (Å²) in [6.07, 6.45) is 3.86. The summed E-state index contributed by atoms with van der Waals surface area (Å²) >= 11 is 0. The average Bonchev–Trinajstić information content (AvgIpc) is 2.74. The van der Waals surface area contributed by atoms with Crippen molar-refractivity contribution in [1.82, 2.24) is 14.9 Å². The molecule has 0 aliphatic carbocycles. The molecule has 1 saturated heterocycles. The van der Waals surface area contributed by atoms with Crippen LogP contribution in [0.1, 0.15) is 45.6 Å². The van der Waals surface area contributed by atoms with Crippen molar-refractivity contribution in [3.05, 3.63) is 42.0 Å². The quantitative estimate of drug-likeness (QED) is 0.524. The zero-order valence-corrected chi connectivity index (χ0v) is 18.3. The van der Waals surface area contributed by atoms with Gasteiger partial charge in [0.25, 0.3) is 0 Å². The van der Waals surface area contributed by atoms with Crippen molar-refractivity contribution in [3.8, 4) is 5.88 Å². The first-order valence-electron chi connectivity index (χ1n) is 10.6. The molecule has 2 N–H and O–H groups in total. The molecule has 0 radical (unpaired) electrons. The third-order valence-corrected chi connectivity index (χ3v) is 5.01. The number of hydrogen-bond acceptors (Lipinski definition) is 7. The lowest BCUT2D eigenvalue weighted by atomic mass is 10.1. The zero-order chi connectivity index (χ0) is 22.4. The van der Waals surface area contributed by atoms with Gasteiger partial charge in [0, 0.05) is 32.0 Å². The summed E-state index contributed by atoms with van der Waals surface area (Å²) in [5, 5.41) is 1.18. The number of piperidine rings is 1. The van der Waals surface area contributed by atoms with Crippen LogP contribution in [0, 0.1) is 5.82 Å². The number of amides is 1. The number of aryl methyl sites for hydroxylation is 1. The zero-order valence-electron chi connectivity index (χ0n) is 18.3. The summed E-state index contributed by atoms with van der Waals surface area (Å²) in [6.45, 7) is 6.79. The van der Waals surface area contributed by atoms with Gasteiger partial charge in [0.2, 0.25) is 5.88 Å². The lowest BCUT2D eigenvalue weighted by Crippen LogP contribution is -2.42. The van der Waals surface area contributed by atoms with Crippen molar-refractivity contribution in [2.45, 2.75) is 58.7 Å². The number of ether oxygens (including phenoxy) is 2. The molecule has 1 aliphatic heterocycles. The van der Waals surface area contributed by atoms with Crippen LogP contribution in [0.5, 0.6) is 5.88 Å². The number of carbonyl (C=O) groups excluding carboxylic acids is 1. The first-order chi connectivity index (χ1) is 14.9. The maximum absolute atomic E-state index is 14.5. The van der Waals surface area contributed by atoms with E-state index < -0.39 is 5.82 Å². The van der Waals surface area contributed by atoms with Crippen LogP contribution in [-0.2, 0) is 11.2 Å². The third kappa shape index (κ3) is 6.04. The van der Waals surface area contributed by atoms with Gasteiger partial charge >= 0.3 is 6.09 Å². The SMILES string of the molecule is CCCc1ccc(N(N)c2cc(OC3CCN(C(=O)OC(C)C)CC3)ncn2)c(F)c1. The lowest BCUT2D eigenvalue weighted by molar-refractivity contribution is 0.0507. The number of rotatable bonds is 7. The van der Waals surface area contributed by atoms with Crippen LogP contribution in [0.3, 0.4) is 0 Å². The molecule has 2 aromatic rings. The van der Waals surface area contributed by atoms with Gasteiger partial charge in [0.05, 0.1) is 11.8 Å². The van der Waals surface area contributed by atoms with E-state index in [4.69, 9.17) is 15.3 Å². The molecular formula is C22H30FN5O3. The fraction of sp³-hybridized carbons (Fsp3) is 0.500. The molecule has 1 aliphatic rings. The van der Waals surface area contributed by atoms with E-state index in [2.05, 4.69) is 9.97 Å². The maximum atomic E-state index is 14.5. The first-order valence-corrected chi connectivity index (χ1v) is 10.6. The van der Waals surface area contributed by atoms with Gasteiger partial charge in [-0.3, -0.25) is 5.01 Å². The molecule has 168 valence electrons. The Bertz CT molecular complexity index is 887. The van der Waals surface area contributed by atoms with Crippen LogP contribution < -0.4 is 15.6 Å². The van der Waals surface area contributed by atoms with Gasteiger partial charge in [-0.25, -0.2) is 25.0 Å². The highest BCUT2D eigenvalue weighted by Crippen LogP contribution is 2.27. The lowest BCUT2D eigenvalue weighted by Gasteiger charge is -2.31. The minimum absolute atomic E-state index is 0.0952. The summed E-state index contributed by atoms with van der Waals surface area (Å²) in [5.41, 5.74) is 1.15. The number of aromatic nitrogens is 2. The standard InChI is InChI=1S/C22H30FN5O3/c1-4-5-16-6-7-19(18(23)12-16)28(24)20-13-21(26-14-25-20)31-17-8-10-27(11-9-17)22(29)30-15(2)3/h6-7,12-15,17H,4-5,8-11,24H2,1-3H3. The number of halogens is 1. The smallest absolute Gasteiger partial charge is 0.410 e.